The lowest BCUT2D eigenvalue weighted by Gasteiger charge is -2.27. The van der Waals surface area contributed by atoms with Gasteiger partial charge in [0.05, 0.1) is 22.8 Å². The zero-order valence-electron chi connectivity index (χ0n) is 15.3. The van der Waals surface area contributed by atoms with Crippen LogP contribution in [0.2, 0.25) is 0 Å². The van der Waals surface area contributed by atoms with Crippen molar-refractivity contribution in [2.24, 2.45) is 0 Å². The highest BCUT2D eigenvalue weighted by molar-refractivity contribution is 7.92. The zero-order chi connectivity index (χ0) is 19.3. The van der Waals surface area contributed by atoms with Crippen molar-refractivity contribution in [1.29, 1.82) is 0 Å². The first kappa shape index (κ1) is 19.2. The Labute approximate surface area is 160 Å². The SMILES string of the molecule is CCOc1ccc(S(=O)(=O)Nc2ccccc2C(=O)N2CCCCC2)cc1. The van der Waals surface area contributed by atoms with Gasteiger partial charge in [0.15, 0.2) is 0 Å². The highest BCUT2D eigenvalue weighted by Gasteiger charge is 2.23. The molecule has 0 aliphatic carbocycles. The lowest BCUT2D eigenvalue weighted by molar-refractivity contribution is 0.0725. The number of piperidine rings is 1. The molecule has 0 aromatic heterocycles. The zero-order valence-corrected chi connectivity index (χ0v) is 16.2. The predicted octanol–water partition coefficient (Wildman–Crippen LogP) is 3.51. The molecule has 2 aromatic rings. The van der Waals surface area contributed by atoms with E-state index in [4.69, 9.17) is 4.74 Å². The molecular weight excluding hydrogens is 364 g/mol. The van der Waals surface area contributed by atoms with Gasteiger partial charge in [0.1, 0.15) is 5.75 Å². The fourth-order valence-electron chi connectivity index (χ4n) is 3.11. The number of hydrogen-bond donors (Lipinski definition) is 1. The second-order valence-corrected chi connectivity index (χ2v) is 8.09. The minimum atomic E-state index is -3.81. The number of sulfonamides is 1. The molecule has 1 saturated heterocycles. The number of carbonyl (C=O) groups is 1. The maximum atomic E-state index is 12.8. The summed E-state index contributed by atoms with van der Waals surface area (Å²) in [5.74, 6) is 0.469. The van der Waals surface area contributed by atoms with Crippen LogP contribution in [0.3, 0.4) is 0 Å². The lowest BCUT2D eigenvalue weighted by atomic mass is 10.1. The summed E-state index contributed by atoms with van der Waals surface area (Å²) in [6, 6.07) is 12.9. The summed E-state index contributed by atoms with van der Waals surface area (Å²) < 4.78 is 33.4. The van der Waals surface area contributed by atoms with Gasteiger partial charge in [0.25, 0.3) is 15.9 Å². The van der Waals surface area contributed by atoms with Crippen LogP contribution >= 0.6 is 0 Å². The Hall–Kier alpha value is -2.54. The van der Waals surface area contributed by atoms with E-state index in [1.54, 1.807) is 41.3 Å². The van der Waals surface area contributed by atoms with Crippen molar-refractivity contribution >= 4 is 21.6 Å². The smallest absolute Gasteiger partial charge is 0.261 e. The normalized spacial score (nSPS) is 14.6. The fraction of sp³-hybridized carbons (Fsp3) is 0.350. The molecule has 0 radical (unpaired) electrons. The first-order valence-electron chi connectivity index (χ1n) is 9.15. The molecule has 6 nitrogen and oxygen atoms in total. The van der Waals surface area contributed by atoms with E-state index in [1.807, 2.05) is 6.92 Å². The van der Waals surface area contributed by atoms with Gasteiger partial charge in [0, 0.05) is 13.1 Å². The molecule has 144 valence electrons. The molecule has 7 heteroatoms. The highest BCUT2D eigenvalue weighted by atomic mass is 32.2. The van der Waals surface area contributed by atoms with E-state index in [0.29, 0.717) is 36.7 Å². The molecule has 27 heavy (non-hydrogen) atoms. The molecule has 0 bridgehead atoms. The molecular formula is C20H24N2O4S. The van der Waals surface area contributed by atoms with Crippen LogP contribution in [0.25, 0.3) is 0 Å². The Morgan fingerprint density at radius 3 is 2.37 bits per heavy atom. The van der Waals surface area contributed by atoms with Gasteiger partial charge in [-0.05, 0) is 62.6 Å². The number of rotatable bonds is 6. The topological polar surface area (TPSA) is 75.7 Å². The van der Waals surface area contributed by atoms with Crippen LogP contribution in [0.5, 0.6) is 5.75 Å². The largest absolute Gasteiger partial charge is 0.494 e. The maximum absolute atomic E-state index is 12.8. The summed E-state index contributed by atoms with van der Waals surface area (Å²) >= 11 is 0. The third kappa shape index (κ3) is 4.60. The average molecular weight is 388 g/mol. The molecule has 0 unspecified atom stereocenters. The van der Waals surface area contributed by atoms with E-state index < -0.39 is 10.0 Å². The quantitative estimate of drug-likeness (QED) is 0.822. The van der Waals surface area contributed by atoms with Crippen molar-refractivity contribution < 1.29 is 17.9 Å². The van der Waals surface area contributed by atoms with Crippen molar-refractivity contribution in [1.82, 2.24) is 4.90 Å². The van der Waals surface area contributed by atoms with E-state index >= 15 is 0 Å². The molecule has 1 aliphatic heterocycles. The molecule has 3 rings (SSSR count). The van der Waals surface area contributed by atoms with Gasteiger partial charge in [-0.3, -0.25) is 9.52 Å². The monoisotopic (exact) mass is 388 g/mol. The molecule has 1 fully saturated rings. The number of amides is 1. The van der Waals surface area contributed by atoms with Crippen molar-refractivity contribution in [2.75, 3.05) is 24.4 Å². The first-order valence-corrected chi connectivity index (χ1v) is 10.6. The number of para-hydroxylation sites is 1. The van der Waals surface area contributed by atoms with Gasteiger partial charge >= 0.3 is 0 Å². The van der Waals surface area contributed by atoms with Gasteiger partial charge in [-0.2, -0.15) is 0 Å². The molecule has 1 amide bonds. The minimum Gasteiger partial charge on any atom is -0.494 e. The standard InChI is InChI=1S/C20H24N2O4S/c1-2-26-16-10-12-17(13-11-16)27(24,25)21-19-9-5-4-8-18(19)20(23)22-14-6-3-7-15-22/h4-5,8-13,21H,2-3,6-7,14-15H2,1H3. The summed E-state index contributed by atoms with van der Waals surface area (Å²) in [5.41, 5.74) is 0.663. The van der Waals surface area contributed by atoms with Crippen LogP contribution in [0.15, 0.2) is 53.4 Å². The van der Waals surface area contributed by atoms with Crippen LogP contribution in [-0.4, -0.2) is 38.9 Å². The van der Waals surface area contributed by atoms with Gasteiger partial charge < -0.3 is 9.64 Å². The van der Waals surface area contributed by atoms with Crippen LogP contribution in [0.1, 0.15) is 36.5 Å². The molecule has 2 aromatic carbocycles. The molecule has 1 aliphatic rings. The molecule has 0 spiro atoms. The predicted molar refractivity (Wildman–Crippen MR) is 105 cm³/mol. The molecule has 0 atom stereocenters. The third-order valence-electron chi connectivity index (χ3n) is 4.49. The summed E-state index contributed by atoms with van der Waals surface area (Å²) in [6.45, 7) is 3.79. The van der Waals surface area contributed by atoms with Crippen LogP contribution in [0, 0.1) is 0 Å². The Morgan fingerprint density at radius 1 is 1.04 bits per heavy atom. The number of hydrogen-bond acceptors (Lipinski definition) is 4. The second-order valence-electron chi connectivity index (χ2n) is 6.41. The van der Waals surface area contributed by atoms with Crippen molar-refractivity contribution in [3.05, 3.63) is 54.1 Å². The number of carbonyl (C=O) groups excluding carboxylic acids is 1. The Morgan fingerprint density at radius 2 is 1.70 bits per heavy atom. The van der Waals surface area contributed by atoms with Gasteiger partial charge in [-0.1, -0.05) is 12.1 Å². The number of anilines is 1. The van der Waals surface area contributed by atoms with Gasteiger partial charge in [0.2, 0.25) is 0 Å². The van der Waals surface area contributed by atoms with E-state index in [2.05, 4.69) is 4.72 Å². The average Bonchev–Trinajstić information content (AvgIpc) is 2.69. The molecule has 0 saturated carbocycles. The Balaban J connectivity index is 1.83. The van der Waals surface area contributed by atoms with Crippen LogP contribution in [-0.2, 0) is 10.0 Å². The highest BCUT2D eigenvalue weighted by Crippen LogP contribution is 2.24. The summed E-state index contributed by atoms with van der Waals surface area (Å²) in [5, 5.41) is 0. The Kier molecular flexibility index (Phi) is 6.01. The van der Waals surface area contributed by atoms with Crippen molar-refractivity contribution in [3.8, 4) is 5.75 Å². The number of ether oxygens (including phenoxy) is 1. The van der Waals surface area contributed by atoms with E-state index in [1.165, 1.54) is 12.1 Å². The minimum absolute atomic E-state index is 0.117. The first-order chi connectivity index (χ1) is 13.0. The van der Waals surface area contributed by atoms with E-state index in [9.17, 15) is 13.2 Å². The van der Waals surface area contributed by atoms with E-state index in [0.717, 1.165) is 19.3 Å². The molecule has 1 N–H and O–H groups in total. The van der Waals surface area contributed by atoms with Gasteiger partial charge in [-0.15, -0.1) is 0 Å². The van der Waals surface area contributed by atoms with Crippen LogP contribution in [0.4, 0.5) is 5.69 Å². The third-order valence-corrected chi connectivity index (χ3v) is 5.87. The number of nitrogens with zero attached hydrogens (tertiary/aromatic N) is 1. The summed E-state index contributed by atoms with van der Waals surface area (Å²) in [7, 11) is -3.81. The Bertz CT molecular complexity index is 888. The van der Waals surface area contributed by atoms with Crippen molar-refractivity contribution in [3.63, 3.8) is 0 Å². The summed E-state index contributed by atoms with van der Waals surface area (Å²) in [4.78, 5) is 14.7. The maximum Gasteiger partial charge on any atom is 0.261 e. The van der Waals surface area contributed by atoms with Crippen LogP contribution < -0.4 is 9.46 Å². The summed E-state index contributed by atoms with van der Waals surface area (Å²) in [6.07, 6.45) is 3.08. The van der Waals surface area contributed by atoms with Gasteiger partial charge in [-0.25, -0.2) is 8.42 Å². The lowest BCUT2D eigenvalue weighted by Crippen LogP contribution is -2.36. The fourth-order valence-corrected chi connectivity index (χ4v) is 4.19. The molecule has 1 heterocycles. The number of benzene rings is 2. The second kappa shape index (κ2) is 8.43. The number of nitrogens with one attached hydrogen (secondary N) is 1. The van der Waals surface area contributed by atoms with Crippen molar-refractivity contribution in [2.45, 2.75) is 31.1 Å². The number of likely N-dealkylation sites (tertiary alicyclic amines) is 1. The van der Waals surface area contributed by atoms with E-state index in [-0.39, 0.29) is 10.8 Å².